The molecule has 0 N–H and O–H groups in total. The van der Waals surface area contributed by atoms with Gasteiger partial charge in [0.25, 0.3) is 0 Å². The first-order valence-corrected chi connectivity index (χ1v) is 11.5. The van der Waals surface area contributed by atoms with E-state index in [1.54, 1.807) is 4.68 Å². The molecule has 5 aromatic rings. The number of aryl methyl sites for hydroxylation is 1. The second-order valence-electron chi connectivity index (χ2n) is 8.53. The SMILES string of the molecule is CN1B(c2cccc(Oc3cccc(-c4nnn(C)c4-c4ccccc4)c3)c2)Oc2ccccc21. The van der Waals surface area contributed by atoms with Gasteiger partial charge < -0.3 is 14.2 Å². The molecule has 1 aliphatic heterocycles. The van der Waals surface area contributed by atoms with Crippen molar-refractivity contribution in [2.75, 3.05) is 11.9 Å². The molecular weight excluding hydrogens is 435 g/mol. The Hall–Kier alpha value is -4.52. The summed E-state index contributed by atoms with van der Waals surface area (Å²) in [7, 11) is 3.75. The Bertz CT molecular complexity index is 1500. The number of benzene rings is 4. The fourth-order valence-electron chi connectivity index (χ4n) is 4.51. The topological polar surface area (TPSA) is 52.4 Å². The van der Waals surface area contributed by atoms with Crippen LogP contribution in [0.4, 0.5) is 5.69 Å². The second-order valence-corrected chi connectivity index (χ2v) is 8.53. The predicted octanol–water partition coefficient (Wildman–Crippen LogP) is 5.17. The van der Waals surface area contributed by atoms with E-state index in [2.05, 4.69) is 39.4 Å². The Kier molecular flexibility index (Phi) is 5.22. The Morgan fingerprint density at radius 3 is 2.29 bits per heavy atom. The second kappa shape index (κ2) is 8.68. The fraction of sp³-hybridized carbons (Fsp3) is 0.0714. The lowest BCUT2D eigenvalue weighted by Gasteiger charge is -2.17. The average Bonchev–Trinajstić information content (AvgIpc) is 3.45. The van der Waals surface area contributed by atoms with E-state index in [0.29, 0.717) is 0 Å². The smallest absolute Gasteiger partial charge is 0.519 e. The van der Waals surface area contributed by atoms with Crippen molar-refractivity contribution in [1.29, 1.82) is 0 Å². The normalized spacial score (nSPS) is 12.4. The third kappa shape index (κ3) is 3.91. The van der Waals surface area contributed by atoms with Gasteiger partial charge in [-0.25, -0.2) is 4.68 Å². The number of ether oxygens (including phenoxy) is 1. The van der Waals surface area contributed by atoms with E-state index in [1.165, 1.54) is 0 Å². The highest BCUT2D eigenvalue weighted by atomic mass is 16.5. The van der Waals surface area contributed by atoms with Crippen molar-refractivity contribution in [2.24, 2.45) is 7.05 Å². The predicted molar refractivity (Wildman–Crippen MR) is 139 cm³/mol. The first kappa shape index (κ1) is 21.0. The van der Waals surface area contributed by atoms with Gasteiger partial charge >= 0.3 is 7.05 Å². The van der Waals surface area contributed by atoms with Crippen LogP contribution in [0, 0.1) is 0 Å². The molecule has 4 aromatic carbocycles. The molecular formula is C28H23BN4O2. The zero-order valence-electron chi connectivity index (χ0n) is 19.5. The van der Waals surface area contributed by atoms with E-state index < -0.39 is 0 Å². The van der Waals surface area contributed by atoms with Gasteiger partial charge in [0, 0.05) is 18.2 Å². The van der Waals surface area contributed by atoms with Crippen LogP contribution in [0.1, 0.15) is 0 Å². The van der Waals surface area contributed by atoms with Crippen LogP contribution in [0.5, 0.6) is 17.2 Å². The van der Waals surface area contributed by atoms with Crippen LogP contribution in [0.25, 0.3) is 22.5 Å². The van der Waals surface area contributed by atoms with E-state index in [9.17, 15) is 0 Å². The highest BCUT2D eigenvalue weighted by Crippen LogP contribution is 2.35. The molecule has 0 unspecified atom stereocenters. The number of nitrogens with zero attached hydrogens (tertiary/aromatic N) is 4. The molecule has 0 saturated carbocycles. The Labute approximate surface area is 204 Å². The highest BCUT2D eigenvalue weighted by molar-refractivity contribution is 6.73. The summed E-state index contributed by atoms with van der Waals surface area (Å²) in [5.74, 6) is 2.36. The first-order valence-electron chi connectivity index (χ1n) is 11.5. The van der Waals surface area contributed by atoms with Crippen LogP contribution in [0.2, 0.25) is 0 Å². The summed E-state index contributed by atoms with van der Waals surface area (Å²) >= 11 is 0. The molecule has 0 aliphatic carbocycles. The summed E-state index contributed by atoms with van der Waals surface area (Å²) in [4.78, 5) is 2.13. The van der Waals surface area contributed by atoms with Crippen molar-refractivity contribution < 1.29 is 9.39 Å². The van der Waals surface area contributed by atoms with Gasteiger partial charge in [0.1, 0.15) is 22.9 Å². The van der Waals surface area contributed by atoms with Gasteiger partial charge in [-0.05, 0) is 48.9 Å². The lowest BCUT2D eigenvalue weighted by Crippen LogP contribution is -2.47. The first-order chi connectivity index (χ1) is 17.2. The number of rotatable bonds is 5. The van der Waals surface area contributed by atoms with Crippen LogP contribution in [0.3, 0.4) is 0 Å². The molecule has 6 rings (SSSR count). The largest absolute Gasteiger partial charge is 0.536 e. The highest BCUT2D eigenvalue weighted by Gasteiger charge is 2.35. The molecule has 0 bridgehead atoms. The Balaban J connectivity index is 1.28. The Morgan fingerprint density at radius 2 is 1.46 bits per heavy atom. The molecule has 35 heavy (non-hydrogen) atoms. The summed E-state index contributed by atoms with van der Waals surface area (Å²) in [6.07, 6.45) is 0. The van der Waals surface area contributed by atoms with Gasteiger partial charge in [-0.3, -0.25) is 0 Å². The van der Waals surface area contributed by atoms with Gasteiger partial charge in [-0.15, -0.1) is 5.10 Å². The molecule has 0 saturated heterocycles. The van der Waals surface area contributed by atoms with Crippen LogP contribution < -0.4 is 19.7 Å². The van der Waals surface area contributed by atoms with E-state index >= 15 is 0 Å². The van der Waals surface area contributed by atoms with Gasteiger partial charge in [0.15, 0.2) is 0 Å². The number of fused-ring (bicyclic) bond motifs is 1. The molecule has 0 atom stereocenters. The van der Waals surface area contributed by atoms with Crippen molar-refractivity contribution in [2.45, 2.75) is 0 Å². The van der Waals surface area contributed by atoms with Crippen molar-refractivity contribution in [3.05, 3.63) is 103 Å². The quantitative estimate of drug-likeness (QED) is 0.341. The van der Waals surface area contributed by atoms with Crippen molar-refractivity contribution in [1.82, 2.24) is 15.0 Å². The van der Waals surface area contributed by atoms with Crippen LogP contribution in [-0.2, 0) is 7.05 Å². The third-order valence-electron chi connectivity index (χ3n) is 6.20. The maximum Gasteiger partial charge on any atom is 0.519 e. The summed E-state index contributed by atoms with van der Waals surface area (Å²) in [5.41, 5.74) is 5.89. The molecule has 1 aromatic heterocycles. The zero-order valence-corrected chi connectivity index (χ0v) is 19.5. The summed E-state index contributed by atoms with van der Waals surface area (Å²) in [6, 6.07) is 34.2. The number of anilines is 1. The van der Waals surface area contributed by atoms with Crippen molar-refractivity contribution in [3.8, 4) is 39.8 Å². The van der Waals surface area contributed by atoms with E-state index in [1.807, 2.05) is 93.0 Å². The zero-order chi connectivity index (χ0) is 23.8. The molecule has 0 spiro atoms. The number of para-hydroxylation sites is 2. The molecule has 1 aliphatic rings. The van der Waals surface area contributed by atoms with Gasteiger partial charge in [0.2, 0.25) is 0 Å². The van der Waals surface area contributed by atoms with E-state index in [4.69, 9.17) is 9.39 Å². The number of aromatic nitrogens is 3. The van der Waals surface area contributed by atoms with E-state index in [-0.39, 0.29) is 7.05 Å². The molecule has 170 valence electrons. The Morgan fingerprint density at radius 1 is 0.743 bits per heavy atom. The number of hydrogen-bond donors (Lipinski definition) is 0. The maximum absolute atomic E-state index is 6.28. The molecule has 6 nitrogen and oxygen atoms in total. The average molecular weight is 458 g/mol. The third-order valence-corrected chi connectivity index (χ3v) is 6.20. The minimum atomic E-state index is -0.199. The summed E-state index contributed by atoms with van der Waals surface area (Å²) in [5, 5.41) is 8.71. The molecule has 7 heteroatoms. The number of hydrogen-bond acceptors (Lipinski definition) is 5. The lowest BCUT2D eigenvalue weighted by molar-refractivity contribution is 0.483. The van der Waals surface area contributed by atoms with Gasteiger partial charge in [-0.1, -0.05) is 71.9 Å². The monoisotopic (exact) mass is 458 g/mol. The van der Waals surface area contributed by atoms with Crippen molar-refractivity contribution >= 4 is 18.2 Å². The van der Waals surface area contributed by atoms with Gasteiger partial charge in [0.05, 0.1) is 11.4 Å². The molecule has 0 radical (unpaired) electrons. The van der Waals surface area contributed by atoms with Crippen LogP contribution in [-0.4, -0.2) is 29.1 Å². The molecule has 0 fully saturated rings. The molecule has 2 heterocycles. The summed E-state index contributed by atoms with van der Waals surface area (Å²) in [6.45, 7) is 0. The molecule has 0 amide bonds. The van der Waals surface area contributed by atoms with Gasteiger partial charge in [-0.2, -0.15) is 0 Å². The minimum absolute atomic E-state index is 0.199. The lowest BCUT2D eigenvalue weighted by atomic mass is 9.72. The van der Waals surface area contributed by atoms with E-state index in [0.717, 1.165) is 50.9 Å². The standard InChI is InChI=1S/C28H23BN4O2/c1-32-25-16-6-7-17-26(25)35-29(32)22-13-9-15-24(19-22)34-23-14-8-12-21(18-23)27-28(33(2)31-30-27)20-10-4-3-5-11-20/h3-19H,1-2H3. The fourth-order valence-corrected chi connectivity index (χ4v) is 4.51. The van der Waals surface area contributed by atoms with Crippen LogP contribution >= 0.6 is 0 Å². The van der Waals surface area contributed by atoms with Crippen LogP contribution in [0.15, 0.2) is 103 Å². The summed E-state index contributed by atoms with van der Waals surface area (Å²) < 4.78 is 14.3. The minimum Gasteiger partial charge on any atom is -0.536 e. The maximum atomic E-state index is 6.28. The van der Waals surface area contributed by atoms with Crippen molar-refractivity contribution in [3.63, 3.8) is 0 Å².